The zero-order valence-electron chi connectivity index (χ0n) is 20.3. The van der Waals surface area contributed by atoms with Crippen molar-refractivity contribution >= 4 is 5.91 Å². The number of carbonyl (C=O) groups excluding carboxylic acids is 1. The quantitative estimate of drug-likeness (QED) is 0.505. The Hall–Kier alpha value is -2.57. The lowest BCUT2D eigenvalue weighted by Gasteiger charge is -2.39. The van der Waals surface area contributed by atoms with Gasteiger partial charge in [-0.15, -0.1) is 0 Å². The fourth-order valence-electron chi connectivity index (χ4n) is 5.03. The Bertz CT molecular complexity index is 1020. The van der Waals surface area contributed by atoms with Gasteiger partial charge in [0, 0.05) is 42.8 Å². The van der Waals surface area contributed by atoms with E-state index in [9.17, 15) is 18.0 Å². The van der Waals surface area contributed by atoms with Gasteiger partial charge >= 0.3 is 6.18 Å². The first-order valence-electron chi connectivity index (χ1n) is 11.7. The molecule has 0 saturated heterocycles. The third-order valence-corrected chi connectivity index (χ3v) is 6.90. The molecular formula is C26H34F3N3O. The lowest BCUT2D eigenvalue weighted by molar-refractivity contribution is -0.143. The second kappa shape index (κ2) is 9.35. The van der Waals surface area contributed by atoms with Gasteiger partial charge in [-0.2, -0.15) is 13.2 Å². The summed E-state index contributed by atoms with van der Waals surface area (Å²) in [4.78, 5) is 19.5. The molecule has 0 spiro atoms. The number of hydrogen-bond donors (Lipinski definition) is 0. The number of aromatic nitrogens is 2. The second-order valence-electron chi connectivity index (χ2n) is 9.12. The van der Waals surface area contributed by atoms with Crippen molar-refractivity contribution in [2.24, 2.45) is 11.3 Å². The molecule has 2 aromatic heterocycles. The van der Waals surface area contributed by atoms with Crippen LogP contribution in [0.25, 0.3) is 0 Å². The number of fused-ring (bicyclic) bond motifs is 1. The van der Waals surface area contributed by atoms with Crippen LogP contribution in [0, 0.1) is 25.2 Å². The van der Waals surface area contributed by atoms with Crippen LogP contribution >= 0.6 is 0 Å². The SMILES string of the molecule is CC.Cc1ccc(C)n1C1C=CC(C(=O)N2CCc3ncc(C(F)(F)F)cc3C2)(C(C)C)C1. The summed E-state index contributed by atoms with van der Waals surface area (Å²) in [7, 11) is 0. The van der Waals surface area contributed by atoms with Crippen molar-refractivity contribution < 1.29 is 18.0 Å². The van der Waals surface area contributed by atoms with Gasteiger partial charge in [0.2, 0.25) is 5.91 Å². The Kier molecular flexibility index (Phi) is 7.10. The van der Waals surface area contributed by atoms with Crippen molar-refractivity contribution in [2.45, 2.75) is 73.1 Å². The van der Waals surface area contributed by atoms with Crippen LogP contribution in [0.4, 0.5) is 13.2 Å². The van der Waals surface area contributed by atoms with E-state index in [0.29, 0.717) is 30.6 Å². The first-order chi connectivity index (χ1) is 15.5. The standard InChI is InChI=1S/C24H28F3N3O.C2H6/c1-15(2)23(9-7-20(12-23)30-16(3)5-6-17(30)4)22(31)29-10-8-21-18(14-29)11-19(13-28-21)24(25,26)27;1-2/h5-7,9,11,13,15,20H,8,10,12,14H2,1-4H3;1-2H3. The molecule has 2 unspecified atom stereocenters. The average molecular weight is 462 g/mol. The highest BCUT2D eigenvalue weighted by atomic mass is 19.4. The second-order valence-corrected chi connectivity index (χ2v) is 9.12. The van der Waals surface area contributed by atoms with Crippen LogP contribution in [-0.2, 0) is 23.9 Å². The van der Waals surface area contributed by atoms with E-state index in [1.165, 1.54) is 0 Å². The summed E-state index contributed by atoms with van der Waals surface area (Å²) in [5, 5.41) is 0. The Morgan fingerprint density at radius 3 is 2.39 bits per heavy atom. The number of alkyl halides is 3. The summed E-state index contributed by atoms with van der Waals surface area (Å²) >= 11 is 0. The molecule has 0 fully saturated rings. The molecular weight excluding hydrogens is 427 g/mol. The highest BCUT2D eigenvalue weighted by molar-refractivity contribution is 5.86. The third kappa shape index (κ3) is 4.59. The van der Waals surface area contributed by atoms with Crippen molar-refractivity contribution in [1.29, 1.82) is 0 Å². The predicted octanol–water partition coefficient (Wildman–Crippen LogP) is 6.27. The van der Waals surface area contributed by atoms with Crippen LogP contribution < -0.4 is 0 Å². The van der Waals surface area contributed by atoms with Crippen LogP contribution in [0.2, 0.25) is 0 Å². The lowest BCUT2D eigenvalue weighted by Crippen LogP contribution is -2.47. The molecule has 0 radical (unpaired) electrons. The van der Waals surface area contributed by atoms with E-state index in [1.54, 1.807) is 4.90 Å². The van der Waals surface area contributed by atoms with Crippen LogP contribution in [0.3, 0.4) is 0 Å². The van der Waals surface area contributed by atoms with E-state index < -0.39 is 17.2 Å². The van der Waals surface area contributed by atoms with E-state index >= 15 is 0 Å². The zero-order valence-corrected chi connectivity index (χ0v) is 20.3. The van der Waals surface area contributed by atoms with Gasteiger partial charge in [-0.25, -0.2) is 0 Å². The highest BCUT2D eigenvalue weighted by Gasteiger charge is 2.47. The minimum absolute atomic E-state index is 0.00762. The van der Waals surface area contributed by atoms with Crippen molar-refractivity contribution in [2.75, 3.05) is 6.54 Å². The van der Waals surface area contributed by atoms with Crippen LogP contribution in [0.15, 0.2) is 36.5 Å². The van der Waals surface area contributed by atoms with Gasteiger partial charge in [0.15, 0.2) is 0 Å². The predicted molar refractivity (Wildman–Crippen MR) is 124 cm³/mol. The van der Waals surface area contributed by atoms with Crippen molar-refractivity contribution in [3.05, 3.63) is 64.8 Å². The molecule has 7 heteroatoms. The Balaban J connectivity index is 0.00000149. The summed E-state index contributed by atoms with van der Waals surface area (Å²) in [5.41, 5.74) is 2.01. The van der Waals surface area contributed by atoms with Crippen LogP contribution in [-0.4, -0.2) is 26.9 Å². The molecule has 33 heavy (non-hydrogen) atoms. The van der Waals surface area contributed by atoms with Gasteiger partial charge < -0.3 is 9.47 Å². The number of rotatable bonds is 3. The van der Waals surface area contributed by atoms with E-state index in [4.69, 9.17) is 0 Å². The molecule has 3 heterocycles. The summed E-state index contributed by atoms with van der Waals surface area (Å²) in [6.45, 7) is 12.8. The molecule has 0 aromatic carbocycles. The molecule has 1 aliphatic heterocycles. The molecule has 1 aliphatic carbocycles. The number of aryl methyl sites for hydroxylation is 2. The number of nitrogens with zero attached hydrogens (tertiary/aromatic N) is 3. The van der Waals surface area contributed by atoms with Crippen molar-refractivity contribution in [3.8, 4) is 0 Å². The number of hydrogen-bond acceptors (Lipinski definition) is 2. The molecule has 2 atom stereocenters. The first kappa shape index (κ1) is 25.1. The van der Waals surface area contributed by atoms with Gasteiger partial charge in [0.1, 0.15) is 0 Å². The van der Waals surface area contributed by atoms with Crippen molar-refractivity contribution in [3.63, 3.8) is 0 Å². The minimum atomic E-state index is -4.44. The topological polar surface area (TPSA) is 38.1 Å². The maximum Gasteiger partial charge on any atom is 0.417 e. The third-order valence-electron chi connectivity index (χ3n) is 6.90. The number of carbonyl (C=O) groups is 1. The van der Waals surface area contributed by atoms with Gasteiger partial charge in [0.05, 0.1) is 17.0 Å². The van der Waals surface area contributed by atoms with E-state index in [2.05, 4.69) is 41.6 Å². The van der Waals surface area contributed by atoms with Gasteiger partial charge in [-0.3, -0.25) is 9.78 Å². The number of amides is 1. The molecule has 0 saturated carbocycles. The first-order valence-corrected chi connectivity index (χ1v) is 11.7. The number of pyridine rings is 1. The molecule has 0 N–H and O–H groups in total. The minimum Gasteiger partial charge on any atom is -0.342 e. The zero-order chi connectivity index (χ0) is 24.6. The molecule has 2 aliphatic rings. The molecule has 4 nitrogen and oxygen atoms in total. The smallest absolute Gasteiger partial charge is 0.342 e. The monoisotopic (exact) mass is 461 g/mol. The van der Waals surface area contributed by atoms with Crippen molar-refractivity contribution in [1.82, 2.24) is 14.5 Å². The van der Waals surface area contributed by atoms with Crippen LogP contribution in [0.1, 0.15) is 68.4 Å². The number of allylic oxidation sites excluding steroid dienone is 1. The van der Waals surface area contributed by atoms with Gasteiger partial charge in [0.25, 0.3) is 0 Å². The summed E-state index contributed by atoms with van der Waals surface area (Å²) in [6, 6.07) is 5.39. The summed E-state index contributed by atoms with van der Waals surface area (Å²) in [5.74, 6) is 0.0604. The normalized spacial score (nSPS) is 22.2. The lowest BCUT2D eigenvalue weighted by atomic mass is 9.74. The van der Waals surface area contributed by atoms with E-state index in [1.807, 2.05) is 33.8 Å². The van der Waals surface area contributed by atoms with Crippen LogP contribution in [0.5, 0.6) is 0 Å². The molecule has 0 bridgehead atoms. The number of halogens is 3. The average Bonchev–Trinajstić information content (AvgIpc) is 3.37. The Morgan fingerprint density at radius 1 is 1.18 bits per heavy atom. The van der Waals surface area contributed by atoms with Gasteiger partial charge in [-0.1, -0.05) is 39.8 Å². The molecule has 2 aromatic rings. The summed E-state index contributed by atoms with van der Waals surface area (Å²) in [6.07, 6.45) is 1.71. The fraction of sp³-hybridized carbons (Fsp3) is 0.538. The Labute approximate surface area is 194 Å². The molecule has 180 valence electrons. The van der Waals surface area contributed by atoms with E-state index in [0.717, 1.165) is 23.7 Å². The van der Waals surface area contributed by atoms with Gasteiger partial charge in [-0.05, 0) is 49.9 Å². The maximum atomic E-state index is 13.8. The fourth-order valence-corrected chi connectivity index (χ4v) is 5.03. The summed E-state index contributed by atoms with van der Waals surface area (Å²) < 4.78 is 41.7. The highest BCUT2D eigenvalue weighted by Crippen LogP contribution is 2.46. The Morgan fingerprint density at radius 2 is 1.82 bits per heavy atom. The molecule has 4 rings (SSSR count). The maximum absolute atomic E-state index is 13.8. The van der Waals surface area contributed by atoms with E-state index in [-0.39, 0.29) is 24.4 Å². The molecule has 1 amide bonds. The largest absolute Gasteiger partial charge is 0.417 e.